The number of carbonyl (C=O) groups excluding carboxylic acids is 2. The molecular weight excluding hydrogens is 320 g/mol. The van der Waals surface area contributed by atoms with Crippen LogP contribution in [0.25, 0.3) is 0 Å². The Morgan fingerprint density at radius 2 is 1.80 bits per heavy atom. The molecule has 2 rings (SSSR count). The summed E-state index contributed by atoms with van der Waals surface area (Å²) in [7, 11) is 1.30. The van der Waals surface area contributed by atoms with Crippen LogP contribution in [0.2, 0.25) is 0 Å². The average molecular weight is 340 g/mol. The van der Waals surface area contributed by atoms with Gasteiger partial charge in [0.1, 0.15) is 5.75 Å². The van der Waals surface area contributed by atoms with Gasteiger partial charge in [-0.1, -0.05) is 30.3 Å². The number of esters is 1. The quantitative estimate of drug-likeness (QED) is 0.454. The summed E-state index contributed by atoms with van der Waals surface area (Å²) in [6, 6.07) is 16.8. The molecule has 0 aliphatic rings. The van der Waals surface area contributed by atoms with Crippen molar-refractivity contribution in [3.8, 4) is 5.75 Å². The van der Waals surface area contributed by atoms with Crippen molar-refractivity contribution in [3.63, 3.8) is 0 Å². The maximum atomic E-state index is 11.7. The van der Waals surface area contributed by atoms with Crippen LogP contribution in [0.15, 0.2) is 59.7 Å². The number of nitrogens with zero attached hydrogens (tertiary/aromatic N) is 1. The highest BCUT2D eigenvalue weighted by molar-refractivity contribution is 5.82. The smallest absolute Gasteiger partial charge is 0.343 e. The van der Waals surface area contributed by atoms with Gasteiger partial charge in [0.15, 0.2) is 6.61 Å². The summed E-state index contributed by atoms with van der Waals surface area (Å²) in [4.78, 5) is 22.7. The maximum Gasteiger partial charge on any atom is 0.343 e. The van der Waals surface area contributed by atoms with Crippen LogP contribution in [0, 0.1) is 0 Å². The molecule has 2 aromatic carbocycles. The molecule has 6 nitrogen and oxygen atoms in total. The van der Waals surface area contributed by atoms with Gasteiger partial charge in [-0.3, -0.25) is 4.79 Å². The third kappa shape index (κ3) is 6.87. The average Bonchev–Trinajstić information content (AvgIpc) is 2.66. The second-order valence-electron chi connectivity index (χ2n) is 5.21. The van der Waals surface area contributed by atoms with E-state index >= 15 is 0 Å². The monoisotopic (exact) mass is 340 g/mol. The SMILES string of the molecule is COC(=O)COc1ccc(/C=N\NC(=O)CCc2ccccc2)cc1. The Labute approximate surface area is 146 Å². The predicted molar refractivity (Wildman–Crippen MR) is 94.5 cm³/mol. The molecule has 2 aromatic rings. The van der Waals surface area contributed by atoms with Crippen LogP contribution in [0.5, 0.6) is 5.75 Å². The third-order valence-electron chi connectivity index (χ3n) is 3.35. The van der Waals surface area contributed by atoms with Crippen molar-refractivity contribution in [2.24, 2.45) is 5.10 Å². The number of methoxy groups -OCH3 is 1. The number of ether oxygens (including phenoxy) is 2. The second-order valence-corrected chi connectivity index (χ2v) is 5.21. The molecule has 0 bridgehead atoms. The molecule has 130 valence electrons. The van der Waals surface area contributed by atoms with E-state index in [-0.39, 0.29) is 12.5 Å². The molecule has 0 atom stereocenters. The topological polar surface area (TPSA) is 77.0 Å². The largest absolute Gasteiger partial charge is 0.482 e. The summed E-state index contributed by atoms with van der Waals surface area (Å²) in [5.41, 5.74) is 4.42. The molecule has 0 saturated carbocycles. The summed E-state index contributed by atoms with van der Waals surface area (Å²) in [5, 5.41) is 3.93. The molecule has 0 fully saturated rings. The van der Waals surface area contributed by atoms with E-state index in [4.69, 9.17) is 4.74 Å². The van der Waals surface area contributed by atoms with Crippen molar-refractivity contribution in [1.82, 2.24) is 5.43 Å². The lowest BCUT2D eigenvalue weighted by Crippen LogP contribution is -2.17. The first-order valence-electron chi connectivity index (χ1n) is 7.83. The van der Waals surface area contributed by atoms with E-state index in [1.165, 1.54) is 7.11 Å². The Balaban J connectivity index is 1.73. The summed E-state index contributed by atoms with van der Waals surface area (Å²) >= 11 is 0. The molecule has 0 heterocycles. The number of hydrogen-bond donors (Lipinski definition) is 1. The first-order chi connectivity index (χ1) is 12.2. The van der Waals surface area contributed by atoms with Gasteiger partial charge in [-0.05, 0) is 41.8 Å². The van der Waals surface area contributed by atoms with Crippen LogP contribution in [-0.2, 0) is 20.7 Å². The third-order valence-corrected chi connectivity index (χ3v) is 3.35. The van der Waals surface area contributed by atoms with Gasteiger partial charge >= 0.3 is 5.97 Å². The van der Waals surface area contributed by atoms with E-state index in [2.05, 4.69) is 15.3 Å². The molecule has 0 aromatic heterocycles. The van der Waals surface area contributed by atoms with Gasteiger partial charge in [0.05, 0.1) is 13.3 Å². The molecule has 0 saturated heterocycles. The second kappa shape index (κ2) is 9.87. The molecule has 0 spiro atoms. The zero-order valence-corrected chi connectivity index (χ0v) is 14.0. The van der Waals surface area contributed by atoms with Crippen molar-refractivity contribution in [2.45, 2.75) is 12.8 Å². The maximum absolute atomic E-state index is 11.7. The van der Waals surface area contributed by atoms with Crippen molar-refractivity contribution >= 4 is 18.1 Å². The van der Waals surface area contributed by atoms with Crippen molar-refractivity contribution in [2.75, 3.05) is 13.7 Å². The van der Waals surface area contributed by atoms with E-state index in [0.717, 1.165) is 11.1 Å². The molecule has 0 aliphatic carbocycles. The molecule has 1 N–H and O–H groups in total. The highest BCUT2D eigenvalue weighted by Gasteiger charge is 2.02. The Morgan fingerprint density at radius 3 is 2.48 bits per heavy atom. The van der Waals surface area contributed by atoms with Gasteiger partial charge in [0, 0.05) is 6.42 Å². The number of hydrazone groups is 1. The Bertz CT molecular complexity index is 712. The van der Waals surface area contributed by atoms with Gasteiger partial charge in [-0.25, -0.2) is 10.2 Å². The van der Waals surface area contributed by atoms with Crippen molar-refractivity contribution in [1.29, 1.82) is 0 Å². The Kier molecular flexibility index (Phi) is 7.18. The lowest BCUT2D eigenvalue weighted by molar-refractivity contribution is -0.142. The molecule has 0 radical (unpaired) electrons. The van der Waals surface area contributed by atoms with Crippen LogP contribution in [-0.4, -0.2) is 31.8 Å². The fourth-order valence-corrected chi connectivity index (χ4v) is 1.99. The molecule has 6 heteroatoms. The Morgan fingerprint density at radius 1 is 1.08 bits per heavy atom. The van der Waals surface area contributed by atoms with E-state index in [1.54, 1.807) is 30.5 Å². The summed E-state index contributed by atoms with van der Waals surface area (Å²) in [6.07, 6.45) is 2.60. The lowest BCUT2D eigenvalue weighted by Gasteiger charge is -2.04. The van der Waals surface area contributed by atoms with Crippen LogP contribution in [0.3, 0.4) is 0 Å². The number of carbonyl (C=O) groups is 2. The van der Waals surface area contributed by atoms with Crippen LogP contribution in [0.1, 0.15) is 17.5 Å². The fraction of sp³-hybridized carbons (Fsp3) is 0.211. The molecule has 0 aliphatic heterocycles. The van der Waals surface area contributed by atoms with Gasteiger partial charge in [0.25, 0.3) is 0 Å². The van der Waals surface area contributed by atoms with Gasteiger partial charge in [-0.15, -0.1) is 0 Å². The van der Waals surface area contributed by atoms with E-state index in [0.29, 0.717) is 18.6 Å². The van der Waals surface area contributed by atoms with Gasteiger partial charge in [-0.2, -0.15) is 5.10 Å². The number of hydrogen-bond acceptors (Lipinski definition) is 5. The number of benzene rings is 2. The van der Waals surface area contributed by atoms with Crippen LogP contribution in [0.4, 0.5) is 0 Å². The molecule has 0 unspecified atom stereocenters. The minimum atomic E-state index is -0.441. The lowest BCUT2D eigenvalue weighted by atomic mass is 10.1. The van der Waals surface area contributed by atoms with Crippen molar-refractivity contribution in [3.05, 3.63) is 65.7 Å². The number of nitrogens with one attached hydrogen (secondary N) is 1. The highest BCUT2D eigenvalue weighted by atomic mass is 16.6. The normalized spacial score (nSPS) is 10.4. The molecule has 1 amide bonds. The van der Waals surface area contributed by atoms with Crippen molar-refractivity contribution < 1.29 is 19.1 Å². The summed E-state index contributed by atoms with van der Waals surface area (Å²) < 4.78 is 9.74. The van der Waals surface area contributed by atoms with Gasteiger partial charge < -0.3 is 9.47 Å². The Hall–Kier alpha value is -3.15. The zero-order chi connectivity index (χ0) is 17.9. The minimum Gasteiger partial charge on any atom is -0.482 e. The van der Waals surface area contributed by atoms with Crippen LogP contribution >= 0.6 is 0 Å². The summed E-state index contributed by atoms with van der Waals surface area (Å²) in [6.45, 7) is -0.137. The number of rotatable bonds is 8. The minimum absolute atomic E-state index is 0.137. The van der Waals surface area contributed by atoms with E-state index < -0.39 is 5.97 Å². The molecular formula is C19H20N2O4. The fourth-order valence-electron chi connectivity index (χ4n) is 1.99. The zero-order valence-electron chi connectivity index (χ0n) is 14.0. The van der Waals surface area contributed by atoms with E-state index in [9.17, 15) is 9.59 Å². The first kappa shape index (κ1) is 18.2. The molecule has 25 heavy (non-hydrogen) atoms. The number of amides is 1. The first-order valence-corrected chi connectivity index (χ1v) is 7.83. The van der Waals surface area contributed by atoms with E-state index in [1.807, 2.05) is 30.3 Å². The number of aryl methyl sites for hydroxylation is 1. The summed E-state index contributed by atoms with van der Waals surface area (Å²) in [5.74, 6) is -0.0311. The predicted octanol–water partition coefficient (Wildman–Crippen LogP) is 2.32. The highest BCUT2D eigenvalue weighted by Crippen LogP contribution is 2.11. The van der Waals surface area contributed by atoms with Crippen LogP contribution < -0.4 is 10.2 Å². The van der Waals surface area contributed by atoms with Gasteiger partial charge in [0.2, 0.25) is 5.91 Å². The standard InChI is InChI=1S/C19H20N2O4/c1-24-19(23)14-25-17-10-7-16(8-11-17)13-20-21-18(22)12-9-15-5-3-2-4-6-15/h2-8,10-11,13H,9,12,14H2,1H3,(H,21,22)/b20-13-.